The van der Waals surface area contributed by atoms with E-state index in [2.05, 4.69) is 54.2 Å². The summed E-state index contributed by atoms with van der Waals surface area (Å²) in [6.45, 7) is 7.76. The van der Waals surface area contributed by atoms with E-state index in [-0.39, 0.29) is 22.8 Å². The van der Waals surface area contributed by atoms with E-state index in [9.17, 15) is 13.8 Å². The van der Waals surface area contributed by atoms with Crippen LogP contribution in [0.5, 0.6) is 5.75 Å². The van der Waals surface area contributed by atoms with Gasteiger partial charge in [-0.15, -0.1) is 4.36 Å². The molecule has 6 rings (SSSR count). The molecular formula is C37H47BrClN3O6S. The summed E-state index contributed by atoms with van der Waals surface area (Å²) < 4.78 is 39.1. The predicted molar refractivity (Wildman–Crippen MR) is 197 cm³/mol. The second kappa shape index (κ2) is 14.9. The van der Waals surface area contributed by atoms with Gasteiger partial charge in [-0.25, -0.2) is 13.7 Å². The van der Waals surface area contributed by atoms with E-state index in [4.69, 9.17) is 25.8 Å². The van der Waals surface area contributed by atoms with Gasteiger partial charge in [-0.05, 0) is 119 Å². The van der Waals surface area contributed by atoms with Gasteiger partial charge in [-0.1, -0.05) is 45.7 Å². The number of carbonyl (C=O) groups excluding carboxylic acids is 2. The summed E-state index contributed by atoms with van der Waals surface area (Å²) >= 11 is 9.97. The van der Waals surface area contributed by atoms with E-state index in [0.717, 1.165) is 54.7 Å². The Morgan fingerprint density at radius 3 is 2.80 bits per heavy atom. The Hall–Kier alpha value is -2.60. The van der Waals surface area contributed by atoms with Crippen molar-refractivity contribution in [1.82, 2.24) is 4.72 Å². The molecule has 1 fully saturated rings. The van der Waals surface area contributed by atoms with Crippen molar-refractivity contribution >= 4 is 55.1 Å². The maximum atomic E-state index is 14.1. The summed E-state index contributed by atoms with van der Waals surface area (Å²) in [5, 5.41) is 1.48. The molecule has 2 bridgehead atoms. The molecule has 1 saturated carbocycles. The standard InChI is InChI=1S/C37H47BrClN3O6S/c1-36(2,3)48-35(44)41-49(45)19-6-4-5-9-32(46-18-17-38)29-13-10-27(29)22-42-23-37(16-7-8-25-20-28(39)12-14-30(25)37)24-47-33-15-11-26(21-31(33)42)34(43)40-49/h5,9,11-12,14-15,20-21,27,29,32H,4,6-8,10,13,16-19,22-24H2,1-3H3,(H,40,41,43,44,45)/b9-5+/t27-,29+,32-,37-,49+/m0/s1. The van der Waals surface area contributed by atoms with Crippen LogP contribution >= 0.6 is 27.5 Å². The second-order valence-corrected chi connectivity index (χ2v) is 18.0. The first-order valence-electron chi connectivity index (χ1n) is 17.3. The maximum Gasteiger partial charge on any atom is 0.420 e. The van der Waals surface area contributed by atoms with Gasteiger partial charge in [0.15, 0.2) is 0 Å². The van der Waals surface area contributed by atoms with Crippen molar-refractivity contribution in [2.45, 2.75) is 82.8 Å². The number of rotatable bonds is 4. The minimum Gasteiger partial charge on any atom is -0.490 e. The number of allylic oxidation sites excluding steroid dienone is 1. The molecule has 0 saturated heterocycles. The van der Waals surface area contributed by atoms with Crippen molar-refractivity contribution in [2.24, 2.45) is 16.2 Å². The fourth-order valence-corrected chi connectivity index (χ4v) is 9.50. The summed E-state index contributed by atoms with van der Waals surface area (Å²) in [5.74, 6) is 0.754. The molecule has 4 aliphatic rings. The molecule has 2 aromatic carbocycles. The lowest BCUT2D eigenvalue weighted by Crippen LogP contribution is -2.49. The second-order valence-electron chi connectivity index (χ2n) is 14.7. The number of halogens is 2. The third-order valence-electron chi connectivity index (χ3n) is 10.0. The quantitative estimate of drug-likeness (QED) is 0.248. The number of nitrogens with zero attached hydrogens (tertiary/aromatic N) is 2. The largest absolute Gasteiger partial charge is 0.490 e. The van der Waals surface area contributed by atoms with E-state index in [1.165, 1.54) is 11.1 Å². The van der Waals surface area contributed by atoms with Crippen molar-refractivity contribution < 1.29 is 28.0 Å². The lowest BCUT2D eigenvalue weighted by atomic mass is 9.68. The van der Waals surface area contributed by atoms with Crippen molar-refractivity contribution in [3.05, 3.63) is 70.3 Å². The maximum absolute atomic E-state index is 14.1. The number of hydrogen-bond donors (Lipinski definition) is 1. The van der Waals surface area contributed by atoms with Gasteiger partial charge in [0.05, 0.1) is 30.8 Å². The van der Waals surface area contributed by atoms with Gasteiger partial charge in [0.1, 0.15) is 21.3 Å². The van der Waals surface area contributed by atoms with Crippen LogP contribution in [0.3, 0.4) is 0 Å². The SMILES string of the molecule is CC(C)(C)OC(=O)N[S@]1(=O)=NC(=O)c2ccc3c(c2)N(C[C@@H]2CC[C@H]2[C@@H](OCCBr)/C=C/CCC1)C[C@@]1(CCCc2cc(Cl)ccc21)CO3. The minimum absolute atomic E-state index is 0.00653. The highest BCUT2D eigenvalue weighted by Crippen LogP contribution is 2.47. The molecule has 12 heteroatoms. The number of ether oxygens (including phenoxy) is 3. The molecule has 0 aromatic heterocycles. The molecule has 2 aliphatic carbocycles. The number of alkyl halides is 1. The number of fused-ring (bicyclic) bond motifs is 4. The van der Waals surface area contributed by atoms with Gasteiger partial charge in [-0.3, -0.25) is 4.79 Å². The van der Waals surface area contributed by atoms with Crippen LogP contribution in [0, 0.1) is 11.8 Å². The third-order valence-corrected chi connectivity index (χ3v) is 12.4. The van der Waals surface area contributed by atoms with E-state index in [0.29, 0.717) is 50.2 Å². The molecule has 5 atom stereocenters. The highest BCUT2D eigenvalue weighted by molar-refractivity contribution is 9.09. The minimum atomic E-state index is -3.50. The molecule has 2 amide bonds. The van der Waals surface area contributed by atoms with Crippen molar-refractivity contribution in [3.63, 3.8) is 0 Å². The molecule has 0 radical (unpaired) electrons. The number of amides is 2. The molecule has 2 aromatic rings. The van der Waals surface area contributed by atoms with E-state index >= 15 is 0 Å². The number of carbonyl (C=O) groups is 2. The Kier molecular flexibility index (Phi) is 11.0. The molecule has 2 heterocycles. The summed E-state index contributed by atoms with van der Waals surface area (Å²) in [6, 6.07) is 11.5. The average Bonchev–Trinajstić information content (AvgIpc) is 3.16. The number of aryl methyl sites for hydroxylation is 1. The molecule has 1 spiro atoms. The van der Waals surface area contributed by atoms with E-state index in [1.54, 1.807) is 26.8 Å². The number of anilines is 1. The Morgan fingerprint density at radius 1 is 1.20 bits per heavy atom. The summed E-state index contributed by atoms with van der Waals surface area (Å²) in [5.41, 5.74) is 2.57. The number of hydrogen-bond acceptors (Lipinski definition) is 7. The topological polar surface area (TPSA) is 107 Å². The zero-order valence-corrected chi connectivity index (χ0v) is 31.7. The number of nitrogens with one attached hydrogen (secondary N) is 1. The molecule has 49 heavy (non-hydrogen) atoms. The van der Waals surface area contributed by atoms with Crippen LogP contribution in [-0.4, -0.2) is 65.3 Å². The van der Waals surface area contributed by atoms with E-state index < -0.39 is 27.5 Å². The Morgan fingerprint density at radius 2 is 2.04 bits per heavy atom. The zero-order valence-electron chi connectivity index (χ0n) is 28.6. The Balaban J connectivity index is 1.42. The Bertz CT molecular complexity index is 1720. The van der Waals surface area contributed by atoms with Gasteiger partial charge in [0.2, 0.25) is 0 Å². The monoisotopic (exact) mass is 775 g/mol. The molecular weight excluding hydrogens is 730 g/mol. The van der Waals surface area contributed by atoms with Crippen molar-refractivity contribution in [3.8, 4) is 5.75 Å². The van der Waals surface area contributed by atoms with Crippen LogP contribution in [0.25, 0.3) is 0 Å². The van der Waals surface area contributed by atoms with Crippen LogP contribution in [-0.2, 0) is 31.2 Å². The van der Waals surface area contributed by atoms with Crippen LogP contribution in [0.1, 0.15) is 80.8 Å². The molecule has 2 aliphatic heterocycles. The fraction of sp³-hybridized carbons (Fsp3) is 0.568. The lowest BCUT2D eigenvalue weighted by Gasteiger charge is -2.46. The van der Waals surface area contributed by atoms with Crippen LogP contribution in [0.2, 0.25) is 5.02 Å². The molecule has 1 N–H and O–H groups in total. The Labute approximate surface area is 303 Å². The van der Waals surface area contributed by atoms with Crippen molar-refractivity contribution in [2.75, 3.05) is 42.3 Å². The summed E-state index contributed by atoms with van der Waals surface area (Å²) in [4.78, 5) is 28.9. The molecule has 0 unspecified atom stereocenters. The van der Waals surface area contributed by atoms with E-state index in [1.807, 2.05) is 18.2 Å². The van der Waals surface area contributed by atoms with Gasteiger partial charge in [-0.2, -0.15) is 0 Å². The fourth-order valence-electron chi connectivity index (χ4n) is 7.65. The first kappa shape index (κ1) is 36.2. The first-order valence-corrected chi connectivity index (χ1v) is 20.5. The smallest absolute Gasteiger partial charge is 0.420 e. The normalized spacial score (nSPS) is 29.3. The van der Waals surface area contributed by atoms with Crippen molar-refractivity contribution in [1.29, 1.82) is 0 Å². The molecule has 266 valence electrons. The van der Waals surface area contributed by atoms with Gasteiger partial charge in [0.25, 0.3) is 5.91 Å². The highest BCUT2D eigenvalue weighted by Gasteiger charge is 2.44. The van der Waals surface area contributed by atoms with Crippen LogP contribution < -0.4 is 14.4 Å². The predicted octanol–water partition coefficient (Wildman–Crippen LogP) is 8.02. The lowest BCUT2D eigenvalue weighted by molar-refractivity contribution is -0.00726. The number of benzene rings is 2. The molecule has 9 nitrogen and oxygen atoms in total. The van der Waals surface area contributed by atoms with Gasteiger partial charge < -0.3 is 19.1 Å². The average molecular weight is 777 g/mol. The van der Waals surface area contributed by atoms with Gasteiger partial charge in [0, 0.05) is 34.4 Å². The van der Waals surface area contributed by atoms with Crippen LogP contribution in [0.4, 0.5) is 10.5 Å². The first-order chi connectivity index (χ1) is 23.4. The summed E-state index contributed by atoms with van der Waals surface area (Å²) in [6.07, 6.45) is 9.44. The third kappa shape index (κ3) is 8.48. The van der Waals surface area contributed by atoms with Crippen LogP contribution in [0.15, 0.2) is 52.9 Å². The highest BCUT2D eigenvalue weighted by atomic mass is 79.9. The zero-order chi connectivity index (χ0) is 34.8. The summed E-state index contributed by atoms with van der Waals surface area (Å²) in [7, 11) is -3.50. The van der Waals surface area contributed by atoms with Gasteiger partial charge >= 0.3 is 6.09 Å².